The van der Waals surface area contributed by atoms with E-state index >= 15 is 0 Å². The van der Waals surface area contributed by atoms with Crippen molar-refractivity contribution in [1.29, 1.82) is 0 Å². The van der Waals surface area contributed by atoms with Crippen molar-refractivity contribution < 1.29 is 4.74 Å². The molecule has 0 radical (unpaired) electrons. The van der Waals surface area contributed by atoms with Gasteiger partial charge in [-0.15, -0.1) is 12.6 Å². The summed E-state index contributed by atoms with van der Waals surface area (Å²) >= 11 is 4.33. The fraction of sp³-hybridized carbons (Fsp3) is 0.0741. The number of hydrogen-bond acceptors (Lipinski definition) is 3. The normalized spacial score (nSPS) is 11.2. The summed E-state index contributed by atoms with van der Waals surface area (Å²) in [6.07, 6.45) is 0.863. The molecule has 0 aliphatic carbocycles. The van der Waals surface area contributed by atoms with Crippen LogP contribution >= 0.6 is 12.6 Å². The molecule has 0 atom stereocenters. The number of nitrogens with one attached hydrogen (secondary N) is 1. The number of rotatable bonds is 7. The Labute approximate surface area is 194 Å². The maximum atomic E-state index is 6.12. The average Bonchev–Trinajstić information content (AvgIpc) is 2.81. The molecule has 0 heterocycles. The highest BCUT2D eigenvalue weighted by molar-refractivity contribution is 7.80. The fourth-order valence-corrected chi connectivity index (χ4v) is 3.41. The molecule has 4 nitrogen and oxygen atoms in total. The van der Waals surface area contributed by atoms with Gasteiger partial charge in [0.1, 0.15) is 12.4 Å². The van der Waals surface area contributed by atoms with Crippen LogP contribution in [0.15, 0.2) is 113 Å². The maximum Gasteiger partial charge on any atom is 0.198 e. The van der Waals surface area contributed by atoms with Gasteiger partial charge in [-0.25, -0.2) is 4.99 Å². The van der Waals surface area contributed by atoms with Crippen LogP contribution in [0, 0.1) is 0 Å². The van der Waals surface area contributed by atoms with E-state index in [2.05, 4.69) is 47.2 Å². The minimum atomic E-state index is 0.322. The zero-order valence-corrected chi connectivity index (χ0v) is 18.5. The fourth-order valence-electron chi connectivity index (χ4n) is 3.26. The Kier molecular flexibility index (Phi) is 7.10. The summed E-state index contributed by atoms with van der Waals surface area (Å²) in [6.45, 7) is 0.513. The van der Waals surface area contributed by atoms with Crippen molar-refractivity contribution in [1.82, 2.24) is 0 Å². The number of hydrogen-bond donors (Lipinski definition) is 3. The average molecular weight is 440 g/mol. The van der Waals surface area contributed by atoms with Gasteiger partial charge in [0.25, 0.3) is 0 Å². The molecule has 0 spiro atoms. The van der Waals surface area contributed by atoms with E-state index in [1.165, 1.54) is 11.1 Å². The van der Waals surface area contributed by atoms with Gasteiger partial charge in [-0.1, -0.05) is 60.7 Å². The lowest BCUT2D eigenvalue weighted by Crippen LogP contribution is -2.21. The molecule has 0 saturated carbocycles. The van der Waals surface area contributed by atoms with Crippen molar-refractivity contribution in [2.75, 3.05) is 5.32 Å². The Morgan fingerprint density at radius 3 is 2.19 bits per heavy atom. The highest BCUT2D eigenvalue weighted by Gasteiger charge is 2.01. The molecule has 0 unspecified atom stereocenters. The number of thiol groups is 1. The van der Waals surface area contributed by atoms with Crippen LogP contribution in [0.25, 0.3) is 0 Å². The van der Waals surface area contributed by atoms with Gasteiger partial charge in [-0.05, 0) is 59.5 Å². The highest BCUT2D eigenvalue weighted by atomic mass is 32.1. The summed E-state index contributed by atoms with van der Waals surface area (Å²) in [7, 11) is 0. The van der Waals surface area contributed by atoms with E-state index in [0.717, 1.165) is 34.0 Å². The second-order valence-corrected chi connectivity index (χ2v) is 7.95. The first-order chi connectivity index (χ1) is 15.6. The first-order valence-electron chi connectivity index (χ1n) is 10.4. The molecule has 4 aromatic rings. The van der Waals surface area contributed by atoms with Crippen LogP contribution in [-0.2, 0) is 13.0 Å². The molecule has 0 bridgehead atoms. The van der Waals surface area contributed by atoms with E-state index in [0.29, 0.717) is 12.6 Å². The quantitative estimate of drug-likeness (QED) is 0.182. The third-order valence-electron chi connectivity index (χ3n) is 4.89. The number of aliphatic imine (C=N–C) groups is 1. The monoisotopic (exact) mass is 439 g/mol. The zero-order valence-electron chi connectivity index (χ0n) is 17.6. The standard InChI is InChI=1S/C27H25N3OS/c28-27(29-23-13-9-20(10-14-23)17-21-11-15-26(32)16-12-21)30-24-7-4-8-25(18-24)31-19-22-5-2-1-3-6-22/h1-16,18,32H,17,19H2,(H3,28,29,30). The third kappa shape index (κ3) is 6.40. The first kappa shape index (κ1) is 21.5. The number of ether oxygens (including phenoxy) is 1. The molecule has 0 aliphatic rings. The first-order valence-corrected chi connectivity index (χ1v) is 10.8. The summed E-state index contributed by atoms with van der Waals surface area (Å²) in [6, 6.07) is 34.0. The molecular weight excluding hydrogens is 414 g/mol. The molecule has 0 aliphatic heterocycles. The number of nitrogens with two attached hydrogens (primary N) is 1. The van der Waals surface area contributed by atoms with Gasteiger partial charge in [0, 0.05) is 16.6 Å². The van der Waals surface area contributed by atoms with Crippen LogP contribution in [0.2, 0.25) is 0 Å². The van der Waals surface area contributed by atoms with Crippen LogP contribution in [-0.4, -0.2) is 5.96 Å². The minimum Gasteiger partial charge on any atom is -0.489 e. The van der Waals surface area contributed by atoms with Crippen molar-refractivity contribution in [2.45, 2.75) is 17.9 Å². The van der Waals surface area contributed by atoms with E-state index in [-0.39, 0.29) is 0 Å². The maximum absolute atomic E-state index is 6.12. The molecule has 160 valence electrons. The largest absolute Gasteiger partial charge is 0.489 e. The lowest BCUT2D eigenvalue weighted by atomic mass is 10.0. The summed E-state index contributed by atoms with van der Waals surface area (Å²) in [5.74, 6) is 1.09. The lowest BCUT2D eigenvalue weighted by Gasteiger charge is -2.10. The summed E-state index contributed by atoms with van der Waals surface area (Å²) in [4.78, 5) is 5.44. The van der Waals surface area contributed by atoms with Crippen LogP contribution in [0.3, 0.4) is 0 Å². The van der Waals surface area contributed by atoms with Crippen molar-refractivity contribution in [3.8, 4) is 5.75 Å². The van der Waals surface area contributed by atoms with Gasteiger partial charge < -0.3 is 15.8 Å². The highest BCUT2D eigenvalue weighted by Crippen LogP contribution is 2.20. The predicted octanol–water partition coefficient (Wildman–Crippen LogP) is 6.20. The van der Waals surface area contributed by atoms with Gasteiger partial charge in [-0.2, -0.15) is 0 Å². The van der Waals surface area contributed by atoms with E-state index in [4.69, 9.17) is 10.5 Å². The number of guanidine groups is 1. The molecular formula is C27H25N3OS. The summed E-state index contributed by atoms with van der Waals surface area (Å²) in [5, 5.41) is 3.13. The Morgan fingerprint density at radius 2 is 1.47 bits per heavy atom. The van der Waals surface area contributed by atoms with E-state index < -0.39 is 0 Å². The molecule has 0 fully saturated rings. The summed E-state index contributed by atoms with van der Waals surface area (Å²) < 4.78 is 5.88. The minimum absolute atomic E-state index is 0.322. The molecule has 32 heavy (non-hydrogen) atoms. The van der Waals surface area contributed by atoms with Crippen molar-refractivity contribution in [2.24, 2.45) is 10.7 Å². The smallest absolute Gasteiger partial charge is 0.198 e. The van der Waals surface area contributed by atoms with Crippen LogP contribution in [0.1, 0.15) is 16.7 Å². The lowest BCUT2D eigenvalue weighted by molar-refractivity contribution is 0.306. The van der Waals surface area contributed by atoms with Crippen molar-refractivity contribution in [3.05, 3.63) is 120 Å². The van der Waals surface area contributed by atoms with E-state index in [1.807, 2.05) is 78.9 Å². The molecule has 0 amide bonds. The molecule has 5 heteroatoms. The predicted molar refractivity (Wildman–Crippen MR) is 135 cm³/mol. The van der Waals surface area contributed by atoms with Crippen molar-refractivity contribution in [3.63, 3.8) is 0 Å². The Bertz CT molecular complexity index is 1170. The molecule has 0 saturated heterocycles. The zero-order chi connectivity index (χ0) is 22.2. The van der Waals surface area contributed by atoms with Crippen LogP contribution in [0.4, 0.5) is 11.4 Å². The molecule has 4 aromatic carbocycles. The van der Waals surface area contributed by atoms with E-state index in [9.17, 15) is 0 Å². The van der Waals surface area contributed by atoms with Gasteiger partial charge >= 0.3 is 0 Å². The van der Waals surface area contributed by atoms with Crippen molar-refractivity contribution >= 4 is 30.0 Å². The number of anilines is 1. The summed E-state index contributed by atoms with van der Waals surface area (Å²) in [5.41, 5.74) is 11.3. The Balaban J connectivity index is 1.35. The second kappa shape index (κ2) is 10.6. The molecule has 4 rings (SSSR count). The van der Waals surface area contributed by atoms with Gasteiger partial charge in [0.15, 0.2) is 5.96 Å². The Morgan fingerprint density at radius 1 is 0.781 bits per heavy atom. The van der Waals surface area contributed by atoms with E-state index in [1.54, 1.807) is 0 Å². The molecule has 3 N–H and O–H groups in total. The SMILES string of the molecule is NC(=Nc1ccc(Cc2ccc(S)cc2)cc1)Nc1cccc(OCc2ccccc2)c1. The third-order valence-corrected chi connectivity index (χ3v) is 5.18. The topological polar surface area (TPSA) is 59.6 Å². The Hall–Kier alpha value is -3.70. The van der Waals surface area contributed by atoms with Crippen LogP contribution in [0.5, 0.6) is 5.75 Å². The second-order valence-electron chi connectivity index (χ2n) is 7.43. The number of nitrogens with zero attached hydrogens (tertiary/aromatic N) is 1. The van der Waals surface area contributed by atoms with Gasteiger partial charge in [0.05, 0.1) is 5.69 Å². The molecule has 0 aromatic heterocycles. The van der Waals surface area contributed by atoms with Crippen LogP contribution < -0.4 is 15.8 Å². The van der Waals surface area contributed by atoms with Gasteiger partial charge in [-0.3, -0.25) is 0 Å². The van der Waals surface area contributed by atoms with Gasteiger partial charge in [0.2, 0.25) is 0 Å². The number of benzene rings is 4.